The van der Waals surface area contributed by atoms with E-state index in [2.05, 4.69) is 15.8 Å². The molecule has 0 saturated carbocycles. The van der Waals surface area contributed by atoms with Crippen molar-refractivity contribution in [1.29, 1.82) is 0 Å². The normalized spacial score (nSPS) is 11.0. The summed E-state index contributed by atoms with van der Waals surface area (Å²) in [5.41, 5.74) is 3.08. The Morgan fingerprint density at radius 3 is 2.38 bits per heavy atom. The molecule has 2 rings (SSSR count). The molecular weight excluding hydrogens is 402 g/mol. The Morgan fingerprint density at radius 2 is 1.76 bits per heavy atom. The van der Waals surface area contributed by atoms with Crippen molar-refractivity contribution in [2.24, 2.45) is 5.10 Å². The maximum atomic E-state index is 12.3. The van der Waals surface area contributed by atoms with Gasteiger partial charge in [-0.2, -0.15) is 5.10 Å². The van der Waals surface area contributed by atoms with Crippen LogP contribution in [0.15, 0.2) is 35.4 Å². The van der Waals surface area contributed by atoms with Crippen molar-refractivity contribution >= 4 is 34.8 Å². The van der Waals surface area contributed by atoms with Gasteiger partial charge in [-0.25, -0.2) is 5.43 Å². The van der Waals surface area contributed by atoms with Gasteiger partial charge in [-0.1, -0.05) is 11.6 Å². The molecule has 0 aliphatic rings. The average molecular weight is 422 g/mol. The van der Waals surface area contributed by atoms with Crippen LogP contribution in [0.1, 0.15) is 23.7 Å². The van der Waals surface area contributed by atoms with Crippen LogP contribution in [0.2, 0.25) is 5.02 Å². The second-order valence-electron chi connectivity index (χ2n) is 5.90. The number of rotatable bonds is 7. The quantitative estimate of drug-likeness (QED) is 0.309. The molecule has 0 aromatic heterocycles. The molecule has 0 atom stereocenters. The summed E-state index contributed by atoms with van der Waals surface area (Å²) in [7, 11) is 2.89. The maximum absolute atomic E-state index is 12.3. The van der Waals surface area contributed by atoms with E-state index in [1.807, 2.05) is 0 Å². The predicted molar refractivity (Wildman–Crippen MR) is 108 cm³/mol. The number of hydrogen-bond acceptors (Lipinski definition) is 7. The smallest absolute Gasteiger partial charge is 0.271 e. The zero-order chi connectivity index (χ0) is 21.6. The predicted octanol–water partition coefficient (Wildman–Crippen LogP) is 2.90. The number of hydrazone groups is 1. The Labute approximate surface area is 171 Å². The van der Waals surface area contributed by atoms with Gasteiger partial charge in [0.15, 0.2) is 11.5 Å². The van der Waals surface area contributed by atoms with Crippen LogP contribution >= 0.6 is 11.6 Å². The fraction of sp³-hybridized carbons (Fsp3) is 0.211. The number of nitrogens with one attached hydrogen (secondary N) is 2. The SMILES string of the molecule is COc1cc(NC(=O)C/C(C)=N/NC(=O)c2ccc(O)c(O)c2)c(OC)cc1Cl. The third-order valence-electron chi connectivity index (χ3n) is 3.75. The molecule has 154 valence electrons. The third kappa shape index (κ3) is 5.76. The fourth-order valence-corrected chi connectivity index (χ4v) is 2.53. The molecule has 4 N–H and O–H groups in total. The molecule has 0 saturated heterocycles. The number of carbonyl (C=O) groups excluding carboxylic acids is 2. The summed E-state index contributed by atoms with van der Waals surface area (Å²) >= 11 is 6.03. The summed E-state index contributed by atoms with van der Waals surface area (Å²) in [5.74, 6) is -1.04. The third-order valence-corrected chi connectivity index (χ3v) is 4.05. The first-order valence-corrected chi connectivity index (χ1v) is 8.69. The molecule has 0 aliphatic heterocycles. The Kier molecular flexibility index (Phi) is 7.27. The highest BCUT2D eigenvalue weighted by Crippen LogP contribution is 2.35. The molecule has 2 amide bonds. The number of aromatic hydroxyl groups is 2. The summed E-state index contributed by atoms with van der Waals surface area (Å²) in [6.45, 7) is 1.56. The second-order valence-corrected chi connectivity index (χ2v) is 6.31. The molecule has 0 aliphatic carbocycles. The Balaban J connectivity index is 2.01. The van der Waals surface area contributed by atoms with Gasteiger partial charge < -0.3 is 25.0 Å². The number of methoxy groups -OCH3 is 2. The molecule has 0 fully saturated rings. The van der Waals surface area contributed by atoms with Crippen molar-refractivity contribution in [2.45, 2.75) is 13.3 Å². The lowest BCUT2D eigenvalue weighted by Gasteiger charge is -2.13. The lowest BCUT2D eigenvalue weighted by Crippen LogP contribution is -2.21. The standard InChI is InChI=1S/C19H20ClN3O6/c1-10(22-23-19(27)11-4-5-14(24)15(25)7-11)6-18(26)21-13-9-16(28-2)12(20)8-17(13)29-3/h4-5,7-9,24-25H,6H2,1-3H3,(H,21,26)(H,23,27)/b22-10+. The van der Waals surface area contributed by atoms with Crippen molar-refractivity contribution in [3.05, 3.63) is 40.9 Å². The number of phenols is 2. The number of carbonyl (C=O) groups is 2. The van der Waals surface area contributed by atoms with Gasteiger partial charge in [0.05, 0.1) is 31.4 Å². The highest BCUT2D eigenvalue weighted by Gasteiger charge is 2.14. The molecule has 10 heteroatoms. The molecule has 0 spiro atoms. The number of nitrogens with zero attached hydrogens (tertiary/aromatic N) is 1. The minimum atomic E-state index is -0.607. The van der Waals surface area contributed by atoms with Crippen molar-refractivity contribution in [1.82, 2.24) is 5.43 Å². The van der Waals surface area contributed by atoms with E-state index in [0.717, 1.165) is 6.07 Å². The van der Waals surface area contributed by atoms with E-state index in [4.69, 9.17) is 21.1 Å². The molecular formula is C19H20ClN3O6. The van der Waals surface area contributed by atoms with E-state index in [9.17, 15) is 19.8 Å². The number of benzene rings is 2. The van der Waals surface area contributed by atoms with Crippen LogP contribution in [-0.2, 0) is 4.79 Å². The van der Waals surface area contributed by atoms with Crippen LogP contribution in [0.5, 0.6) is 23.0 Å². The van der Waals surface area contributed by atoms with Gasteiger partial charge in [0.2, 0.25) is 5.91 Å². The van der Waals surface area contributed by atoms with Crippen LogP contribution in [-0.4, -0.2) is 42.0 Å². The zero-order valence-corrected chi connectivity index (χ0v) is 16.7. The molecule has 2 aromatic carbocycles. The van der Waals surface area contributed by atoms with Crippen LogP contribution < -0.4 is 20.2 Å². The number of anilines is 1. The number of halogens is 1. The van der Waals surface area contributed by atoms with Gasteiger partial charge in [0.1, 0.15) is 11.5 Å². The van der Waals surface area contributed by atoms with Gasteiger partial charge >= 0.3 is 0 Å². The highest BCUT2D eigenvalue weighted by atomic mass is 35.5. The van der Waals surface area contributed by atoms with Crippen LogP contribution in [0.25, 0.3) is 0 Å². The zero-order valence-electron chi connectivity index (χ0n) is 15.9. The van der Waals surface area contributed by atoms with Crippen molar-refractivity contribution in [2.75, 3.05) is 19.5 Å². The van der Waals surface area contributed by atoms with E-state index < -0.39 is 17.6 Å². The first-order chi connectivity index (χ1) is 13.7. The Hall–Kier alpha value is -3.46. The molecule has 9 nitrogen and oxygen atoms in total. The van der Waals surface area contributed by atoms with Crippen molar-refractivity contribution < 1.29 is 29.3 Å². The van der Waals surface area contributed by atoms with Crippen LogP contribution in [0.4, 0.5) is 5.69 Å². The summed E-state index contributed by atoms with van der Waals surface area (Å²) in [6, 6.07) is 6.65. The van der Waals surface area contributed by atoms with E-state index in [0.29, 0.717) is 27.9 Å². The van der Waals surface area contributed by atoms with E-state index in [1.54, 1.807) is 6.92 Å². The summed E-state index contributed by atoms with van der Waals surface area (Å²) in [4.78, 5) is 24.3. The van der Waals surface area contributed by atoms with Gasteiger partial charge in [0, 0.05) is 23.4 Å². The first-order valence-electron chi connectivity index (χ1n) is 8.32. The largest absolute Gasteiger partial charge is 0.504 e. The van der Waals surface area contributed by atoms with Gasteiger partial charge in [-0.05, 0) is 25.1 Å². The fourth-order valence-electron chi connectivity index (χ4n) is 2.30. The summed E-state index contributed by atoms with van der Waals surface area (Å²) in [5, 5.41) is 25.6. The molecule has 29 heavy (non-hydrogen) atoms. The van der Waals surface area contributed by atoms with E-state index in [-0.39, 0.29) is 17.7 Å². The monoisotopic (exact) mass is 421 g/mol. The minimum Gasteiger partial charge on any atom is -0.504 e. The maximum Gasteiger partial charge on any atom is 0.271 e. The first kappa shape index (κ1) is 21.8. The second kappa shape index (κ2) is 9.65. The van der Waals surface area contributed by atoms with E-state index in [1.165, 1.54) is 38.5 Å². The van der Waals surface area contributed by atoms with Crippen LogP contribution in [0.3, 0.4) is 0 Å². The molecule has 0 bridgehead atoms. The van der Waals surface area contributed by atoms with Gasteiger partial charge in [-0.15, -0.1) is 0 Å². The number of ether oxygens (including phenoxy) is 2. The van der Waals surface area contributed by atoms with Crippen molar-refractivity contribution in [3.8, 4) is 23.0 Å². The van der Waals surface area contributed by atoms with Gasteiger partial charge in [-0.3, -0.25) is 9.59 Å². The molecule has 0 radical (unpaired) electrons. The molecule has 0 unspecified atom stereocenters. The highest BCUT2D eigenvalue weighted by molar-refractivity contribution is 6.32. The van der Waals surface area contributed by atoms with E-state index >= 15 is 0 Å². The molecule has 0 heterocycles. The average Bonchev–Trinajstić information content (AvgIpc) is 2.69. The topological polar surface area (TPSA) is 129 Å². The minimum absolute atomic E-state index is 0.0966. The number of phenolic OH excluding ortho intramolecular Hbond substituents is 2. The summed E-state index contributed by atoms with van der Waals surface area (Å²) < 4.78 is 10.3. The summed E-state index contributed by atoms with van der Waals surface area (Å²) in [6.07, 6.45) is -0.102. The Morgan fingerprint density at radius 1 is 1.07 bits per heavy atom. The van der Waals surface area contributed by atoms with Crippen molar-refractivity contribution in [3.63, 3.8) is 0 Å². The Bertz CT molecular complexity index is 961. The number of hydrogen-bond donors (Lipinski definition) is 4. The lowest BCUT2D eigenvalue weighted by atomic mass is 10.2. The molecule has 2 aromatic rings. The number of amides is 2. The van der Waals surface area contributed by atoms with Gasteiger partial charge in [0.25, 0.3) is 5.91 Å². The van der Waals surface area contributed by atoms with Crippen LogP contribution in [0, 0.1) is 0 Å². The lowest BCUT2D eigenvalue weighted by molar-refractivity contribution is -0.115.